The third kappa shape index (κ3) is 7.25. The first-order chi connectivity index (χ1) is 16.3. The van der Waals surface area contributed by atoms with Crippen LogP contribution in [-0.2, 0) is 12.6 Å². The van der Waals surface area contributed by atoms with Crippen LogP contribution in [0.15, 0.2) is 24.3 Å². The van der Waals surface area contributed by atoms with E-state index in [4.69, 9.17) is 0 Å². The predicted molar refractivity (Wildman–Crippen MR) is 125 cm³/mol. The summed E-state index contributed by atoms with van der Waals surface area (Å²) in [5.74, 6) is -0.558. The number of unbranched alkanes of at least 4 members (excludes halogenated alkanes) is 3. The van der Waals surface area contributed by atoms with Crippen molar-refractivity contribution in [2.24, 2.45) is 5.92 Å². The molecular formula is C24H31F3N4O2S. The predicted octanol–water partition coefficient (Wildman–Crippen LogP) is 5.35. The summed E-state index contributed by atoms with van der Waals surface area (Å²) in [5.41, 5.74) is -1.20. The van der Waals surface area contributed by atoms with Gasteiger partial charge in [0.25, 0.3) is 11.8 Å². The smallest absolute Gasteiger partial charge is 0.350 e. The minimum Gasteiger partial charge on any atom is -0.350 e. The number of rotatable bonds is 9. The van der Waals surface area contributed by atoms with E-state index in [1.54, 1.807) is 0 Å². The van der Waals surface area contributed by atoms with E-state index in [1.165, 1.54) is 34.4 Å². The summed E-state index contributed by atoms with van der Waals surface area (Å²) in [5, 5.41) is 12.2. The molecule has 0 saturated carbocycles. The molecule has 1 fully saturated rings. The van der Waals surface area contributed by atoms with Gasteiger partial charge in [0.15, 0.2) is 0 Å². The Morgan fingerprint density at radius 3 is 2.68 bits per heavy atom. The number of aromatic nitrogens is 2. The normalized spacial score (nSPS) is 16.8. The van der Waals surface area contributed by atoms with Crippen molar-refractivity contribution in [2.75, 3.05) is 19.6 Å². The van der Waals surface area contributed by atoms with Gasteiger partial charge in [0, 0.05) is 26.1 Å². The zero-order valence-electron chi connectivity index (χ0n) is 19.4. The minimum absolute atomic E-state index is 0.207. The van der Waals surface area contributed by atoms with Gasteiger partial charge in [-0.1, -0.05) is 49.7 Å². The van der Waals surface area contributed by atoms with Crippen molar-refractivity contribution in [3.05, 3.63) is 45.4 Å². The molecule has 1 saturated heterocycles. The van der Waals surface area contributed by atoms with Gasteiger partial charge >= 0.3 is 6.18 Å². The lowest BCUT2D eigenvalue weighted by Crippen LogP contribution is -2.33. The number of nitrogens with zero attached hydrogens (tertiary/aromatic N) is 3. The topological polar surface area (TPSA) is 75.2 Å². The van der Waals surface area contributed by atoms with E-state index in [2.05, 4.69) is 22.4 Å². The Kier molecular flexibility index (Phi) is 9.44. The molecular weight excluding hydrogens is 465 g/mol. The first-order valence-electron chi connectivity index (χ1n) is 11.9. The van der Waals surface area contributed by atoms with Gasteiger partial charge in [-0.05, 0) is 43.7 Å². The molecule has 10 heteroatoms. The maximum atomic E-state index is 13.3. The third-order valence-corrected chi connectivity index (χ3v) is 6.98. The Morgan fingerprint density at radius 1 is 1.12 bits per heavy atom. The van der Waals surface area contributed by atoms with E-state index in [9.17, 15) is 22.8 Å². The van der Waals surface area contributed by atoms with Crippen molar-refractivity contribution < 1.29 is 22.8 Å². The van der Waals surface area contributed by atoms with Crippen LogP contribution in [0.1, 0.15) is 82.6 Å². The number of hydrogen-bond acceptors (Lipinski definition) is 5. The average Bonchev–Trinajstić information content (AvgIpc) is 3.16. The van der Waals surface area contributed by atoms with E-state index in [0.29, 0.717) is 43.9 Å². The number of carbonyl (C=O) groups excluding carboxylic acids is 2. The number of amides is 2. The molecule has 3 rings (SSSR count). The summed E-state index contributed by atoms with van der Waals surface area (Å²) in [4.78, 5) is 26.6. The Morgan fingerprint density at radius 2 is 1.91 bits per heavy atom. The largest absolute Gasteiger partial charge is 0.417 e. The summed E-state index contributed by atoms with van der Waals surface area (Å²) in [6.07, 6.45) is 2.59. The summed E-state index contributed by atoms with van der Waals surface area (Å²) < 4.78 is 40.0. The summed E-state index contributed by atoms with van der Waals surface area (Å²) in [7, 11) is 0. The molecule has 1 unspecified atom stereocenters. The monoisotopic (exact) mass is 496 g/mol. The Bertz CT molecular complexity index is 964. The fourth-order valence-corrected chi connectivity index (χ4v) is 5.03. The van der Waals surface area contributed by atoms with Gasteiger partial charge < -0.3 is 10.2 Å². The maximum Gasteiger partial charge on any atom is 0.417 e. The van der Waals surface area contributed by atoms with Gasteiger partial charge in [0.1, 0.15) is 5.01 Å². The standard InChI is InChI=1S/C24H31F3N4O2S/c1-2-3-4-7-13-28-21(32)22-30-29-20(34-22)16-17-9-8-14-31(15-12-17)23(33)18-10-5-6-11-19(18)24(25,26)27/h5-6,10-11,17H,2-4,7-9,12-16H2,1H3,(H,28,32). The number of halogens is 3. The first kappa shape index (κ1) is 26.1. The van der Waals surface area contributed by atoms with Gasteiger partial charge in [-0.15, -0.1) is 10.2 Å². The van der Waals surface area contributed by atoms with Crippen LogP contribution in [0.2, 0.25) is 0 Å². The highest BCUT2D eigenvalue weighted by Crippen LogP contribution is 2.33. The summed E-state index contributed by atoms with van der Waals surface area (Å²) in [6, 6.07) is 4.94. The van der Waals surface area contributed by atoms with Crippen LogP contribution in [0.25, 0.3) is 0 Å². The lowest BCUT2D eigenvalue weighted by molar-refractivity contribution is -0.138. The quantitative estimate of drug-likeness (QED) is 0.475. The molecule has 34 heavy (non-hydrogen) atoms. The zero-order chi connectivity index (χ0) is 24.6. The van der Waals surface area contributed by atoms with Gasteiger partial charge in [-0.2, -0.15) is 13.2 Å². The molecule has 1 aliphatic rings. The molecule has 0 bridgehead atoms. The highest BCUT2D eigenvalue weighted by molar-refractivity contribution is 7.13. The van der Waals surface area contributed by atoms with Crippen LogP contribution >= 0.6 is 11.3 Å². The zero-order valence-corrected chi connectivity index (χ0v) is 20.2. The number of likely N-dealkylation sites (tertiary alicyclic amines) is 1. The molecule has 0 radical (unpaired) electrons. The van der Waals surface area contributed by atoms with Crippen LogP contribution < -0.4 is 5.32 Å². The molecule has 0 spiro atoms. The van der Waals surface area contributed by atoms with Crippen molar-refractivity contribution in [3.8, 4) is 0 Å². The van der Waals surface area contributed by atoms with Gasteiger partial charge in [0.05, 0.1) is 11.1 Å². The lowest BCUT2D eigenvalue weighted by Gasteiger charge is -2.22. The number of carbonyl (C=O) groups is 2. The minimum atomic E-state index is -4.57. The number of nitrogens with one attached hydrogen (secondary N) is 1. The molecule has 0 aliphatic carbocycles. The molecule has 1 aromatic carbocycles. The van der Waals surface area contributed by atoms with E-state index in [1.807, 2.05) is 0 Å². The first-order valence-corrected chi connectivity index (χ1v) is 12.7. The summed E-state index contributed by atoms with van der Waals surface area (Å²) in [6.45, 7) is 3.57. The molecule has 2 aromatic rings. The molecule has 1 N–H and O–H groups in total. The fourth-order valence-electron chi connectivity index (χ4n) is 4.16. The molecule has 1 aliphatic heterocycles. The lowest BCUT2D eigenvalue weighted by atomic mass is 9.97. The van der Waals surface area contributed by atoms with Gasteiger partial charge in [-0.3, -0.25) is 9.59 Å². The summed E-state index contributed by atoms with van der Waals surface area (Å²) >= 11 is 1.28. The second-order valence-electron chi connectivity index (χ2n) is 8.65. The second-order valence-corrected chi connectivity index (χ2v) is 9.72. The molecule has 2 heterocycles. The van der Waals surface area contributed by atoms with Crippen LogP contribution in [0, 0.1) is 5.92 Å². The third-order valence-electron chi connectivity index (χ3n) is 6.04. The van der Waals surface area contributed by atoms with Crippen molar-refractivity contribution in [1.82, 2.24) is 20.4 Å². The van der Waals surface area contributed by atoms with E-state index in [0.717, 1.165) is 43.2 Å². The second kappa shape index (κ2) is 12.3. The van der Waals surface area contributed by atoms with E-state index < -0.39 is 17.6 Å². The maximum absolute atomic E-state index is 13.3. The van der Waals surface area contributed by atoms with E-state index >= 15 is 0 Å². The van der Waals surface area contributed by atoms with Crippen molar-refractivity contribution in [3.63, 3.8) is 0 Å². The highest BCUT2D eigenvalue weighted by atomic mass is 32.1. The molecule has 1 aromatic heterocycles. The van der Waals surface area contributed by atoms with Gasteiger partial charge in [-0.25, -0.2) is 0 Å². The average molecular weight is 497 g/mol. The van der Waals surface area contributed by atoms with Gasteiger partial charge in [0.2, 0.25) is 5.01 Å². The number of hydrogen-bond donors (Lipinski definition) is 1. The fraction of sp³-hybridized carbons (Fsp3) is 0.583. The Hall–Kier alpha value is -2.49. The number of benzene rings is 1. The molecule has 6 nitrogen and oxygen atoms in total. The molecule has 1 atom stereocenters. The Labute approximate surface area is 201 Å². The highest BCUT2D eigenvalue weighted by Gasteiger charge is 2.36. The van der Waals surface area contributed by atoms with Crippen molar-refractivity contribution in [2.45, 2.75) is 64.5 Å². The molecule has 2 amide bonds. The van der Waals surface area contributed by atoms with Crippen LogP contribution in [0.3, 0.4) is 0 Å². The molecule has 186 valence electrons. The van der Waals surface area contributed by atoms with Crippen molar-refractivity contribution >= 4 is 23.2 Å². The van der Waals surface area contributed by atoms with Crippen LogP contribution in [0.5, 0.6) is 0 Å². The Balaban J connectivity index is 1.53. The van der Waals surface area contributed by atoms with E-state index in [-0.39, 0.29) is 17.4 Å². The SMILES string of the molecule is CCCCCCNC(=O)c1nnc(CC2CCCN(C(=O)c3ccccc3C(F)(F)F)CC2)s1. The number of alkyl halides is 3. The van der Waals surface area contributed by atoms with Crippen molar-refractivity contribution in [1.29, 1.82) is 0 Å². The van der Waals surface area contributed by atoms with Crippen LogP contribution in [0.4, 0.5) is 13.2 Å². The van der Waals surface area contributed by atoms with Crippen LogP contribution in [-0.4, -0.2) is 46.5 Å².